The number of aromatic nitrogens is 4. The lowest BCUT2D eigenvalue weighted by Crippen LogP contribution is -2.27. The Balaban J connectivity index is 1.71. The molecule has 0 radical (unpaired) electrons. The summed E-state index contributed by atoms with van der Waals surface area (Å²) in [5.41, 5.74) is 1.33. The molecular weight excluding hydrogens is 429 g/mol. The van der Waals surface area contributed by atoms with Crippen LogP contribution in [0.3, 0.4) is 0 Å². The third-order valence-electron chi connectivity index (χ3n) is 5.24. The second kappa shape index (κ2) is 8.01. The van der Waals surface area contributed by atoms with Crippen LogP contribution in [0.5, 0.6) is 0 Å². The Labute approximate surface area is 187 Å². The van der Waals surface area contributed by atoms with Gasteiger partial charge >= 0.3 is 0 Å². The van der Waals surface area contributed by atoms with Crippen molar-refractivity contribution in [1.82, 2.24) is 19.5 Å². The van der Waals surface area contributed by atoms with Crippen molar-refractivity contribution >= 4 is 39.2 Å². The number of anilines is 1. The van der Waals surface area contributed by atoms with Crippen LogP contribution in [0.4, 0.5) is 10.2 Å². The highest BCUT2D eigenvalue weighted by atomic mass is 35.5. The summed E-state index contributed by atoms with van der Waals surface area (Å²) in [6, 6.07) is 18.5. The third-order valence-corrected chi connectivity index (χ3v) is 5.55. The number of nitrogens with one attached hydrogen (secondary N) is 1. The van der Waals surface area contributed by atoms with Gasteiger partial charge in [-0.15, -0.1) is 0 Å². The maximum absolute atomic E-state index is 14.6. The van der Waals surface area contributed by atoms with Crippen molar-refractivity contribution in [2.45, 2.75) is 13.0 Å². The number of fused-ring (bicyclic) bond motifs is 2. The zero-order valence-corrected chi connectivity index (χ0v) is 17.7. The number of para-hydroxylation sites is 1. The summed E-state index contributed by atoms with van der Waals surface area (Å²) < 4.78 is 16.1. The molecule has 6 nitrogen and oxygen atoms in total. The highest BCUT2D eigenvalue weighted by Crippen LogP contribution is 2.27. The van der Waals surface area contributed by atoms with Gasteiger partial charge in [-0.05, 0) is 43.3 Å². The van der Waals surface area contributed by atoms with Crippen LogP contribution in [-0.2, 0) is 0 Å². The molecule has 2 heterocycles. The third kappa shape index (κ3) is 3.36. The quantitative estimate of drug-likeness (QED) is 0.406. The summed E-state index contributed by atoms with van der Waals surface area (Å²) in [6.45, 7) is 1.84. The van der Waals surface area contributed by atoms with Crippen molar-refractivity contribution in [3.63, 3.8) is 0 Å². The minimum Gasteiger partial charge on any atom is -0.360 e. The molecule has 3 aromatic carbocycles. The molecule has 2 aromatic heterocycles. The van der Waals surface area contributed by atoms with E-state index in [1.165, 1.54) is 17.0 Å². The first-order chi connectivity index (χ1) is 15.5. The molecule has 32 heavy (non-hydrogen) atoms. The first-order valence-corrected chi connectivity index (χ1v) is 10.3. The van der Waals surface area contributed by atoms with E-state index in [0.29, 0.717) is 38.8 Å². The molecule has 0 aliphatic carbocycles. The van der Waals surface area contributed by atoms with Crippen LogP contribution in [0.25, 0.3) is 27.5 Å². The Bertz CT molecular complexity index is 1520. The molecule has 0 fully saturated rings. The van der Waals surface area contributed by atoms with Crippen molar-refractivity contribution in [2.24, 2.45) is 0 Å². The first-order valence-electron chi connectivity index (χ1n) is 9.97. The molecule has 1 atom stereocenters. The van der Waals surface area contributed by atoms with E-state index in [0.717, 1.165) is 0 Å². The number of halogens is 2. The number of nitrogens with zero attached hydrogens (tertiary/aromatic N) is 4. The van der Waals surface area contributed by atoms with Crippen molar-refractivity contribution in [2.75, 3.05) is 5.32 Å². The molecule has 0 bridgehead atoms. The van der Waals surface area contributed by atoms with Gasteiger partial charge < -0.3 is 5.32 Å². The average Bonchev–Trinajstić information content (AvgIpc) is 2.79. The van der Waals surface area contributed by atoms with E-state index in [1.807, 2.05) is 37.3 Å². The SMILES string of the molecule is C[C@H](Nc1ncnc2cccc(F)c12)c1nc2cccc(Cl)c2c(=O)n1-c1ccccc1. The molecule has 1 N–H and O–H groups in total. The summed E-state index contributed by atoms with van der Waals surface area (Å²) >= 11 is 6.34. The van der Waals surface area contributed by atoms with Gasteiger partial charge in [-0.3, -0.25) is 9.36 Å². The van der Waals surface area contributed by atoms with Gasteiger partial charge in [0.2, 0.25) is 0 Å². The molecular formula is C24H17ClFN5O. The van der Waals surface area contributed by atoms with E-state index < -0.39 is 11.9 Å². The van der Waals surface area contributed by atoms with E-state index in [1.54, 1.807) is 30.3 Å². The average molecular weight is 446 g/mol. The van der Waals surface area contributed by atoms with Crippen LogP contribution in [0.2, 0.25) is 5.02 Å². The van der Waals surface area contributed by atoms with Crippen LogP contribution in [0.1, 0.15) is 18.8 Å². The summed E-state index contributed by atoms with van der Waals surface area (Å²) in [4.78, 5) is 26.6. The van der Waals surface area contributed by atoms with Crippen LogP contribution < -0.4 is 10.9 Å². The fourth-order valence-corrected chi connectivity index (χ4v) is 4.02. The Morgan fingerprint density at radius 3 is 2.50 bits per heavy atom. The van der Waals surface area contributed by atoms with Crippen molar-refractivity contribution < 1.29 is 4.39 Å². The first kappa shape index (κ1) is 20.1. The second-order valence-electron chi connectivity index (χ2n) is 7.30. The van der Waals surface area contributed by atoms with E-state index in [2.05, 4.69) is 15.3 Å². The van der Waals surface area contributed by atoms with E-state index in [4.69, 9.17) is 16.6 Å². The zero-order valence-electron chi connectivity index (χ0n) is 17.0. The van der Waals surface area contributed by atoms with Gasteiger partial charge in [-0.25, -0.2) is 19.3 Å². The topological polar surface area (TPSA) is 72.7 Å². The Morgan fingerprint density at radius 1 is 0.938 bits per heavy atom. The summed E-state index contributed by atoms with van der Waals surface area (Å²) in [7, 11) is 0. The van der Waals surface area contributed by atoms with E-state index in [9.17, 15) is 9.18 Å². The van der Waals surface area contributed by atoms with Crippen LogP contribution in [0, 0.1) is 5.82 Å². The summed E-state index contributed by atoms with van der Waals surface area (Å²) in [6.07, 6.45) is 1.37. The molecule has 5 rings (SSSR count). The van der Waals surface area contributed by atoms with Gasteiger partial charge in [0.25, 0.3) is 5.56 Å². The molecule has 5 aromatic rings. The standard InChI is InChI=1S/C24H17ClFN5O/c1-14(29-22-21-17(26)10-6-11-18(21)27-13-28-22)23-30-19-12-5-9-16(25)20(19)24(32)31(23)15-7-3-2-4-8-15/h2-14H,1H3,(H,27,28,29)/t14-/m0/s1. The lowest BCUT2D eigenvalue weighted by molar-refractivity contribution is 0.638. The van der Waals surface area contributed by atoms with Crippen molar-refractivity contribution in [1.29, 1.82) is 0 Å². The van der Waals surface area contributed by atoms with Crippen molar-refractivity contribution in [3.8, 4) is 5.69 Å². The Morgan fingerprint density at radius 2 is 1.69 bits per heavy atom. The number of rotatable bonds is 4. The summed E-state index contributed by atoms with van der Waals surface area (Å²) in [5.74, 6) is 0.330. The van der Waals surface area contributed by atoms with Gasteiger partial charge in [-0.2, -0.15) is 0 Å². The fourth-order valence-electron chi connectivity index (χ4n) is 3.77. The predicted octanol–water partition coefficient (Wildman–Crippen LogP) is 5.29. The van der Waals surface area contributed by atoms with Gasteiger partial charge in [0, 0.05) is 0 Å². The number of benzene rings is 3. The molecule has 158 valence electrons. The lowest BCUT2D eigenvalue weighted by atomic mass is 10.2. The number of hydrogen-bond donors (Lipinski definition) is 1. The second-order valence-corrected chi connectivity index (χ2v) is 7.71. The van der Waals surface area contributed by atoms with Crippen LogP contribution in [-0.4, -0.2) is 19.5 Å². The number of hydrogen-bond acceptors (Lipinski definition) is 5. The minimum absolute atomic E-state index is 0.277. The molecule has 0 unspecified atom stereocenters. The van der Waals surface area contributed by atoms with Crippen LogP contribution >= 0.6 is 11.6 Å². The van der Waals surface area contributed by atoms with E-state index >= 15 is 0 Å². The Hall–Kier alpha value is -3.84. The molecule has 8 heteroatoms. The van der Waals surface area contributed by atoms with Gasteiger partial charge in [0.15, 0.2) is 0 Å². The smallest absolute Gasteiger partial charge is 0.267 e. The fraction of sp³-hybridized carbons (Fsp3) is 0.0833. The van der Waals surface area contributed by atoms with Gasteiger partial charge in [-0.1, -0.05) is 41.9 Å². The molecule has 0 saturated carbocycles. The highest BCUT2D eigenvalue weighted by Gasteiger charge is 2.21. The molecule has 0 amide bonds. The monoisotopic (exact) mass is 445 g/mol. The molecule has 0 aliphatic heterocycles. The maximum Gasteiger partial charge on any atom is 0.267 e. The van der Waals surface area contributed by atoms with Crippen LogP contribution in [0.15, 0.2) is 77.9 Å². The largest absolute Gasteiger partial charge is 0.360 e. The maximum atomic E-state index is 14.6. The predicted molar refractivity (Wildman–Crippen MR) is 124 cm³/mol. The highest BCUT2D eigenvalue weighted by molar-refractivity contribution is 6.35. The van der Waals surface area contributed by atoms with Gasteiger partial charge in [0.05, 0.1) is 38.6 Å². The molecule has 0 aliphatic rings. The van der Waals surface area contributed by atoms with Gasteiger partial charge in [0.1, 0.15) is 23.8 Å². The molecule has 0 saturated heterocycles. The Kier molecular flexibility index (Phi) is 5.03. The summed E-state index contributed by atoms with van der Waals surface area (Å²) in [5, 5.41) is 4.16. The normalized spacial score (nSPS) is 12.2. The zero-order chi connectivity index (χ0) is 22.2. The minimum atomic E-state index is -0.496. The lowest BCUT2D eigenvalue weighted by Gasteiger charge is -2.21. The van der Waals surface area contributed by atoms with Crippen molar-refractivity contribution in [3.05, 3.63) is 100 Å². The van der Waals surface area contributed by atoms with E-state index in [-0.39, 0.29) is 10.9 Å². The molecule has 0 spiro atoms.